The van der Waals surface area contributed by atoms with Gasteiger partial charge >= 0.3 is 5.97 Å². The molecule has 0 saturated heterocycles. The quantitative estimate of drug-likeness (QED) is 0.309. The summed E-state index contributed by atoms with van der Waals surface area (Å²) >= 11 is 0. The lowest BCUT2D eigenvalue weighted by atomic mass is 10.6. The number of hydrogen-bond donors (Lipinski definition) is 5. The number of hydrogen-bond acceptors (Lipinski definition) is 7. The summed E-state index contributed by atoms with van der Waals surface area (Å²) in [4.78, 5) is 22.9. The van der Waals surface area contributed by atoms with Gasteiger partial charge in [0.05, 0.1) is 26.3 Å². The molecule has 0 amide bonds. The molecule has 0 aliphatic carbocycles. The van der Waals surface area contributed by atoms with E-state index in [1.165, 1.54) is 13.8 Å². The molecule has 0 atom stereocenters. The van der Waals surface area contributed by atoms with Crippen molar-refractivity contribution in [2.24, 2.45) is 4.99 Å². The maximum Gasteiger partial charge on any atom is 0.317 e. The highest BCUT2D eigenvalue weighted by atomic mass is 16.4. The van der Waals surface area contributed by atoms with Crippen LogP contribution in [-0.2, 0) is 9.59 Å². The van der Waals surface area contributed by atoms with E-state index in [0.717, 1.165) is 13.1 Å². The van der Waals surface area contributed by atoms with Gasteiger partial charge in [0.15, 0.2) is 0 Å². The van der Waals surface area contributed by atoms with Gasteiger partial charge in [0.25, 0.3) is 0 Å². The van der Waals surface area contributed by atoms with E-state index in [1.807, 2.05) is 20.8 Å². The summed E-state index contributed by atoms with van der Waals surface area (Å²) in [5.74, 6) is -0.637. The number of Topliss-reactive ketones (excluding diaryl/α,β-unsaturated/α-hetero) is 1. The van der Waals surface area contributed by atoms with Gasteiger partial charge in [-0.3, -0.25) is 9.79 Å². The SMILES string of the molecule is CC(C)=O.CC=NCCO.CCNCC(=O)O.CCNCCO. The third-order valence-corrected chi connectivity index (χ3v) is 1.48. The number of carbonyl (C=O) groups excluding carboxylic acids is 1. The zero-order valence-corrected chi connectivity index (χ0v) is 15.1. The van der Waals surface area contributed by atoms with Crippen molar-refractivity contribution in [2.75, 3.05) is 45.9 Å². The maximum atomic E-state index is 9.70. The second kappa shape index (κ2) is 32.6. The fourth-order valence-electron chi connectivity index (χ4n) is 0.675. The molecule has 0 saturated carbocycles. The first-order valence-corrected chi connectivity index (χ1v) is 7.60. The Kier molecular flexibility index (Phi) is 41.9. The second-order valence-electron chi connectivity index (χ2n) is 4.05. The van der Waals surface area contributed by atoms with E-state index < -0.39 is 5.97 Å². The molecule has 0 aromatic heterocycles. The Morgan fingerprint density at radius 3 is 1.65 bits per heavy atom. The third-order valence-electron chi connectivity index (χ3n) is 1.48. The average molecular weight is 337 g/mol. The summed E-state index contributed by atoms with van der Waals surface area (Å²) in [6.45, 7) is 12.1. The second-order valence-corrected chi connectivity index (χ2v) is 4.05. The van der Waals surface area contributed by atoms with E-state index in [4.69, 9.17) is 15.3 Å². The van der Waals surface area contributed by atoms with Crippen molar-refractivity contribution in [2.45, 2.75) is 34.6 Å². The molecule has 0 aromatic rings. The number of carboxylic acids is 1. The van der Waals surface area contributed by atoms with Crippen LogP contribution in [0.5, 0.6) is 0 Å². The van der Waals surface area contributed by atoms with Crippen LogP contribution in [0, 0.1) is 0 Å². The van der Waals surface area contributed by atoms with Crippen LogP contribution in [0.3, 0.4) is 0 Å². The predicted octanol–water partition coefficient (Wildman–Crippen LogP) is -0.0666. The molecule has 0 spiro atoms. The topological polar surface area (TPSA) is 131 Å². The number of aliphatic imine (C=N–C) groups is 1. The number of aliphatic carboxylic acids is 1. The molecule has 8 heteroatoms. The van der Waals surface area contributed by atoms with Crippen LogP contribution in [0.15, 0.2) is 4.99 Å². The third kappa shape index (κ3) is 96.0. The largest absolute Gasteiger partial charge is 0.480 e. The fraction of sp³-hybridized carbons (Fsp3) is 0.800. The number of likely N-dealkylation sites (N-methyl/N-ethyl adjacent to an activating group) is 2. The number of aliphatic hydroxyl groups excluding tert-OH is 2. The van der Waals surface area contributed by atoms with Crippen LogP contribution < -0.4 is 10.6 Å². The summed E-state index contributed by atoms with van der Waals surface area (Å²) in [7, 11) is 0. The van der Waals surface area contributed by atoms with E-state index in [0.29, 0.717) is 13.1 Å². The number of rotatable bonds is 8. The standard InChI is InChI=1S/C4H9NO2.C4H11NO.C4H9NO.C3H6O/c1-2-5-3-4(6)7;2*1-2-5-3-4-6;1-3(2)4/h5H,2-3H2,1H3,(H,6,7);5-6H,2-4H2,1H3;2,6H,3-4H2,1H3;1-2H3. The highest BCUT2D eigenvalue weighted by Crippen LogP contribution is 1.60. The summed E-state index contributed by atoms with van der Waals surface area (Å²) in [6.07, 6.45) is 1.68. The Morgan fingerprint density at radius 2 is 1.52 bits per heavy atom. The van der Waals surface area contributed by atoms with Crippen LogP contribution in [0.2, 0.25) is 0 Å². The van der Waals surface area contributed by atoms with E-state index in [1.54, 1.807) is 6.21 Å². The van der Waals surface area contributed by atoms with Crippen molar-refractivity contribution >= 4 is 18.0 Å². The molecule has 0 rings (SSSR count). The zero-order chi connectivity index (χ0) is 18.9. The van der Waals surface area contributed by atoms with Crippen LogP contribution in [0.4, 0.5) is 0 Å². The lowest BCUT2D eigenvalue weighted by molar-refractivity contribution is -0.135. The number of ketones is 1. The minimum absolute atomic E-state index is 0.0660. The Morgan fingerprint density at radius 1 is 1.04 bits per heavy atom. The van der Waals surface area contributed by atoms with Crippen molar-refractivity contribution in [3.05, 3.63) is 0 Å². The molecule has 0 aliphatic rings. The first-order chi connectivity index (χ1) is 10.8. The van der Waals surface area contributed by atoms with Crippen molar-refractivity contribution in [3.8, 4) is 0 Å². The predicted molar refractivity (Wildman–Crippen MR) is 94.3 cm³/mol. The van der Waals surface area contributed by atoms with Gasteiger partial charge < -0.3 is 30.7 Å². The molecule has 8 nitrogen and oxygen atoms in total. The Balaban J connectivity index is -0.000000107. The molecule has 0 unspecified atom stereocenters. The van der Waals surface area contributed by atoms with E-state index in [2.05, 4.69) is 15.6 Å². The first-order valence-electron chi connectivity index (χ1n) is 7.60. The summed E-state index contributed by atoms with van der Waals surface area (Å²) in [5, 5.41) is 29.8. The molecule has 140 valence electrons. The Hall–Kier alpha value is -1.35. The van der Waals surface area contributed by atoms with Gasteiger partial charge in [-0.15, -0.1) is 0 Å². The van der Waals surface area contributed by atoms with Crippen molar-refractivity contribution in [1.29, 1.82) is 0 Å². The highest BCUT2D eigenvalue weighted by molar-refractivity contribution is 5.72. The Labute approximate surface area is 140 Å². The van der Waals surface area contributed by atoms with Gasteiger partial charge in [-0.1, -0.05) is 13.8 Å². The van der Waals surface area contributed by atoms with Gasteiger partial charge in [-0.2, -0.15) is 0 Å². The van der Waals surface area contributed by atoms with Gasteiger partial charge in [0.2, 0.25) is 0 Å². The lowest BCUT2D eigenvalue weighted by Crippen LogP contribution is -2.21. The molecule has 5 N–H and O–H groups in total. The highest BCUT2D eigenvalue weighted by Gasteiger charge is 1.88. The van der Waals surface area contributed by atoms with E-state index in [-0.39, 0.29) is 25.5 Å². The van der Waals surface area contributed by atoms with Crippen LogP contribution in [0.25, 0.3) is 0 Å². The van der Waals surface area contributed by atoms with Crippen molar-refractivity contribution in [3.63, 3.8) is 0 Å². The molecule has 0 aliphatic heterocycles. The van der Waals surface area contributed by atoms with Gasteiger partial charge in [0, 0.05) is 6.54 Å². The van der Waals surface area contributed by atoms with Crippen molar-refractivity contribution in [1.82, 2.24) is 10.6 Å². The van der Waals surface area contributed by atoms with Gasteiger partial charge in [0.1, 0.15) is 5.78 Å². The van der Waals surface area contributed by atoms with Gasteiger partial charge in [-0.05, 0) is 40.1 Å². The maximum absolute atomic E-state index is 9.70. The summed E-state index contributed by atoms with van der Waals surface area (Å²) < 4.78 is 0. The van der Waals surface area contributed by atoms with Crippen LogP contribution in [-0.4, -0.2) is 79.2 Å². The number of nitrogens with one attached hydrogen (secondary N) is 2. The molecule has 0 fully saturated rings. The zero-order valence-electron chi connectivity index (χ0n) is 15.1. The average Bonchev–Trinajstić information content (AvgIpc) is 2.49. The molecule has 0 aromatic carbocycles. The Bertz CT molecular complexity index is 253. The number of nitrogens with zero attached hydrogens (tertiary/aromatic N) is 1. The molecular weight excluding hydrogens is 302 g/mol. The molecule has 0 bridgehead atoms. The molecule has 23 heavy (non-hydrogen) atoms. The van der Waals surface area contributed by atoms with E-state index in [9.17, 15) is 9.59 Å². The van der Waals surface area contributed by atoms with Crippen LogP contribution in [0.1, 0.15) is 34.6 Å². The fourth-order valence-corrected chi connectivity index (χ4v) is 0.675. The molecule has 0 heterocycles. The minimum atomic E-state index is -0.804. The van der Waals surface area contributed by atoms with E-state index >= 15 is 0 Å². The van der Waals surface area contributed by atoms with Gasteiger partial charge in [-0.25, -0.2) is 0 Å². The minimum Gasteiger partial charge on any atom is -0.480 e. The first kappa shape index (κ1) is 29.6. The molecular formula is C15H35N3O5. The summed E-state index contributed by atoms with van der Waals surface area (Å²) in [6, 6.07) is 0. The lowest BCUT2D eigenvalue weighted by Gasteiger charge is -1.91. The van der Waals surface area contributed by atoms with Crippen molar-refractivity contribution < 1.29 is 24.9 Å². The molecule has 0 radical (unpaired) electrons. The smallest absolute Gasteiger partial charge is 0.317 e. The number of carbonyl (C=O) groups is 2. The number of aliphatic hydroxyl groups is 2. The number of carboxylic acid groups (broad SMARTS) is 1. The normalized spacial score (nSPS) is 8.83. The monoisotopic (exact) mass is 337 g/mol. The van der Waals surface area contributed by atoms with Crippen LogP contribution >= 0.6 is 0 Å². The summed E-state index contributed by atoms with van der Waals surface area (Å²) in [5.41, 5.74) is 0.